The van der Waals surface area contributed by atoms with Gasteiger partial charge < -0.3 is 20.4 Å². The Balaban J connectivity index is 1.72. The molecule has 0 fully saturated rings. The molecule has 0 radical (unpaired) electrons. The summed E-state index contributed by atoms with van der Waals surface area (Å²) in [4.78, 5) is 2.29. The van der Waals surface area contributed by atoms with E-state index in [4.69, 9.17) is 0 Å². The van der Waals surface area contributed by atoms with Crippen LogP contribution in [0.2, 0.25) is 0 Å². The Hall–Kier alpha value is -2.66. The normalized spacial score (nSPS) is 10.8. The van der Waals surface area contributed by atoms with E-state index in [-0.39, 0.29) is 23.0 Å². The van der Waals surface area contributed by atoms with E-state index < -0.39 is 0 Å². The van der Waals surface area contributed by atoms with Crippen LogP contribution in [0.3, 0.4) is 0 Å². The predicted octanol–water partition coefficient (Wildman–Crippen LogP) is 3.75. The van der Waals surface area contributed by atoms with E-state index in [9.17, 15) is 20.4 Å². The van der Waals surface area contributed by atoms with Crippen LogP contribution in [-0.4, -0.2) is 20.4 Å². The lowest BCUT2D eigenvalue weighted by Gasteiger charge is -2.03. The molecule has 0 unspecified atom stereocenters. The second-order valence-corrected chi connectivity index (χ2v) is 6.62. The number of phenolic OH excluding ortho intramolecular Hbond substituents is 4. The number of rotatable bonds is 4. The first-order chi connectivity index (χ1) is 11.0. The molecule has 4 nitrogen and oxygen atoms in total. The maximum absolute atomic E-state index is 9.54. The topological polar surface area (TPSA) is 80.9 Å². The number of hydrogen-bond acceptors (Lipinski definition) is 5. The summed E-state index contributed by atoms with van der Waals surface area (Å²) in [7, 11) is 0. The maximum atomic E-state index is 9.54. The van der Waals surface area contributed by atoms with Gasteiger partial charge in [0.15, 0.2) is 23.0 Å². The average molecular weight is 328 g/mol. The quantitative estimate of drug-likeness (QED) is 0.550. The van der Waals surface area contributed by atoms with Crippen molar-refractivity contribution in [1.29, 1.82) is 0 Å². The molecule has 2 aromatic carbocycles. The van der Waals surface area contributed by atoms with Crippen LogP contribution < -0.4 is 0 Å². The van der Waals surface area contributed by atoms with Gasteiger partial charge in [-0.25, -0.2) is 0 Å². The largest absolute Gasteiger partial charge is 0.504 e. The molecule has 3 rings (SSSR count). The van der Waals surface area contributed by atoms with Crippen molar-refractivity contribution >= 4 is 11.3 Å². The van der Waals surface area contributed by atoms with Crippen molar-refractivity contribution in [2.45, 2.75) is 12.8 Å². The van der Waals surface area contributed by atoms with Crippen LogP contribution in [0, 0.1) is 0 Å². The highest BCUT2D eigenvalue weighted by atomic mass is 32.1. The third-order valence-electron chi connectivity index (χ3n) is 3.55. The second kappa shape index (κ2) is 6.22. The number of phenols is 4. The summed E-state index contributed by atoms with van der Waals surface area (Å²) < 4.78 is 0. The molecule has 3 aromatic rings. The molecule has 0 aliphatic heterocycles. The van der Waals surface area contributed by atoms with Gasteiger partial charge in [-0.1, -0.05) is 12.1 Å². The molecule has 0 amide bonds. The summed E-state index contributed by atoms with van der Waals surface area (Å²) in [6.45, 7) is 0. The fourth-order valence-corrected chi connectivity index (χ4v) is 3.46. The standard InChI is InChI=1S/C18H16O4S/c19-15-5-1-11(9-17(15)21)7-13-3-4-14(23-13)8-12-2-6-16(20)18(22)10-12/h1-6,9-10,19-22H,7-8H2. The minimum Gasteiger partial charge on any atom is -0.504 e. The van der Waals surface area contributed by atoms with Crippen LogP contribution in [0.25, 0.3) is 0 Å². The summed E-state index contributed by atoms with van der Waals surface area (Å²) in [5.74, 6) is -0.460. The lowest BCUT2D eigenvalue weighted by Crippen LogP contribution is -1.85. The van der Waals surface area contributed by atoms with E-state index in [0.717, 1.165) is 20.9 Å². The summed E-state index contributed by atoms with van der Waals surface area (Å²) in [6, 6.07) is 13.7. The summed E-state index contributed by atoms with van der Waals surface area (Å²) >= 11 is 1.65. The van der Waals surface area contributed by atoms with Gasteiger partial charge in [-0.2, -0.15) is 0 Å². The van der Waals surface area contributed by atoms with Crippen molar-refractivity contribution in [3.8, 4) is 23.0 Å². The van der Waals surface area contributed by atoms with Crippen molar-refractivity contribution in [1.82, 2.24) is 0 Å². The van der Waals surface area contributed by atoms with E-state index in [1.165, 1.54) is 12.1 Å². The Bertz CT molecular complexity index is 771. The van der Waals surface area contributed by atoms with E-state index >= 15 is 0 Å². The van der Waals surface area contributed by atoms with Crippen molar-refractivity contribution in [2.75, 3.05) is 0 Å². The summed E-state index contributed by atoms with van der Waals surface area (Å²) in [5, 5.41) is 37.7. The van der Waals surface area contributed by atoms with Gasteiger partial charge in [0.25, 0.3) is 0 Å². The molecule has 4 N–H and O–H groups in total. The first-order valence-electron chi connectivity index (χ1n) is 7.10. The Labute approximate surface area is 137 Å². The smallest absolute Gasteiger partial charge is 0.157 e. The van der Waals surface area contributed by atoms with Crippen LogP contribution in [0.1, 0.15) is 20.9 Å². The predicted molar refractivity (Wildman–Crippen MR) is 89.5 cm³/mol. The summed E-state index contributed by atoms with van der Waals surface area (Å²) in [5.41, 5.74) is 1.85. The lowest BCUT2D eigenvalue weighted by molar-refractivity contribution is 0.403. The van der Waals surface area contributed by atoms with Gasteiger partial charge in [0.1, 0.15) is 0 Å². The molecule has 0 aliphatic rings. The minimum absolute atomic E-state index is 0.112. The lowest BCUT2D eigenvalue weighted by atomic mass is 10.1. The zero-order valence-corrected chi connectivity index (χ0v) is 13.0. The molecule has 0 bridgehead atoms. The fourth-order valence-electron chi connectivity index (χ4n) is 2.37. The van der Waals surface area contributed by atoms with Crippen LogP contribution in [0.15, 0.2) is 48.5 Å². The minimum atomic E-state index is -0.118. The number of thiophene rings is 1. The van der Waals surface area contributed by atoms with E-state index in [1.54, 1.807) is 35.6 Å². The number of hydrogen-bond donors (Lipinski definition) is 4. The van der Waals surface area contributed by atoms with Crippen LogP contribution in [0.4, 0.5) is 0 Å². The van der Waals surface area contributed by atoms with Gasteiger partial charge >= 0.3 is 0 Å². The zero-order chi connectivity index (χ0) is 16.4. The molecule has 1 aromatic heterocycles. The fraction of sp³-hybridized carbons (Fsp3) is 0.111. The van der Waals surface area contributed by atoms with Gasteiger partial charge in [-0.3, -0.25) is 0 Å². The molecule has 118 valence electrons. The number of aromatic hydroxyl groups is 4. The molecule has 0 saturated heterocycles. The van der Waals surface area contributed by atoms with Gasteiger partial charge in [0.2, 0.25) is 0 Å². The molecule has 0 aliphatic carbocycles. The van der Waals surface area contributed by atoms with Crippen molar-refractivity contribution in [3.63, 3.8) is 0 Å². The Kier molecular flexibility index (Phi) is 4.12. The Morgan fingerprint density at radius 2 is 1.00 bits per heavy atom. The molecule has 0 saturated carbocycles. The van der Waals surface area contributed by atoms with Crippen LogP contribution >= 0.6 is 11.3 Å². The van der Waals surface area contributed by atoms with Crippen molar-refractivity contribution in [2.24, 2.45) is 0 Å². The average Bonchev–Trinajstić information content (AvgIpc) is 2.94. The molecule has 1 heterocycles. The molecule has 0 atom stereocenters. The first kappa shape index (κ1) is 15.2. The van der Waals surface area contributed by atoms with Gasteiger partial charge in [0.05, 0.1) is 0 Å². The van der Waals surface area contributed by atoms with Gasteiger partial charge in [0, 0.05) is 22.6 Å². The number of benzene rings is 2. The monoisotopic (exact) mass is 328 g/mol. The van der Waals surface area contributed by atoms with Crippen LogP contribution in [0.5, 0.6) is 23.0 Å². The maximum Gasteiger partial charge on any atom is 0.157 e. The third-order valence-corrected chi connectivity index (χ3v) is 4.64. The Morgan fingerprint density at radius 1 is 0.565 bits per heavy atom. The molecular formula is C18H16O4S. The zero-order valence-electron chi connectivity index (χ0n) is 12.2. The second-order valence-electron chi connectivity index (χ2n) is 5.37. The summed E-state index contributed by atoms with van der Waals surface area (Å²) in [6.07, 6.45) is 1.36. The highest BCUT2D eigenvalue weighted by Gasteiger charge is 2.07. The van der Waals surface area contributed by atoms with Crippen molar-refractivity contribution < 1.29 is 20.4 Å². The molecular weight excluding hydrogens is 312 g/mol. The van der Waals surface area contributed by atoms with Crippen LogP contribution in [-0.2, 0) is 12.8 Å². The van der Waals surface area contributed by atoms with E-state index in [2.05, 4.69) is 0 Å². The third kappa shape index (κ3) is 3.57. The molecule has 5 heteroatoms. The van der Waals surface area contributed by atoms with Gasteiger partial charge in [-0.15, -0.1) is 11.3 Å². The van der Waals surface area contributed by atoms with E-state index in [1.807, 2.05) is 12.1 Å². The van der Waals surface area contributed by atoms with E-state index in [0.29, 0.717) is 12.8 Å². The highest BCUT2D eigenvalue weighted by molar-refractivity contribution is 7.12. The highest BCUT2D eigenvalue weighted by Crippen LogP contribution is 2.30. The van der Waals surface area contributed by atoms with Crippen molar-refractivity contribution in [3.05, 3.63) is 69.4 Å². The van der Waals surface area contributed by atoms with Gasteiger partial charge in [-0.05, 0) is 47.5 Å². The molecule has 0 spiro atoms. The Morgan fingerprint density at radius 3 is 1.39 bits per heavy atom. The first-order valence-corrected chi connectivity index (χ1v) is 7.92. The molecule has 23 heavy (non-hydrogen) atoms. The SMILES string of the molecule is Oc1ccc(Cc2ccc(Cc3ccc(O)c(O)c3)s2)cc1O.